The van der Waals surface area contributed by atoms with Crippen LogP contribution >= 0.6 is 0 Å². The van der Waals surface area contributed by atoms with Crippen molar-refractivity contribution in [1.29, 1.82) is 5.26 Å². The van der Waals surface area contributed by atoms with Gasteiger partial charge in [-0.3, -0.25) is 14.3 Å². The number of carbonyl (C=O) groups is 2. The van der Waals surface area contributed by atoms with Gasteiger partial charge >= 0.3 is 0 Å². The van der Waals surface area contributed by atoms with E-state index in [1.165, 1.54) is 58.2 Å². The Balaban J connectivity index is 1.21. The number of aromatic nitrogens is 2. The van der Waals surface area contributed by atoms with E-state index in [1.807, 2.05) is 6.92 Å². The number of amides is 2. The van der Waals surface area contributed by atoms with E-state index in [0.717, 1.165) is 25.9 Å². The predicted molar refractivity (Wildman–Crippen MR) is 160 cm³/mol. The van der Waals surface area contributed by atoms with Crippen LogP contribution in [-0.2, 0) is 12.5 Å². The fourth-order valence-electron chi connectivity index (χ4n) is 5.67. The third kappa shape index (κ3) is 5.52. The van der Waals surface area contributed by atoms with Gasteiger partial charge in [-0.25, -0.2) is 0 Å². The molecule has 0 bridgehead atoms. The second-order valence-electron chi connectivity index (χ2n) is 10.9. The predicted octanol–water partition coefficient (Wildman–Crippen LogP) is 5.33. The number of fused-ring (bicyclic) bond motifs is 1. The van der Waals surface area contributed by atoms with Gasteiger partial charge in [0.15, 0.2) is 0 Å². The van der Waals surface area contributed by atoms with Crippen molar-refractivity contribution in [1.82, 2.24) is 15.1 Å². The number of nitriles is 1. The molecule has 2 aliphatic heterocycles. The number of piperidine rings is 1. The van der Waals surface area contributed by atoms with Crippen LogP contribution in [0.1, 0.15) is 57.3 Å². The van der Waals surface area contributed by atoms with Gasteiger partial charge in [-0.1, -0.05) is 42.5 Å². The van der Waals surface area contributed by atoms with E-state index >= 15 is 8.78 Å². The van der Waals surface area contributed by atoms with Gasteiger partial charge in [0.05, 0.1) is 29.9 Å². The third-order valence-corrected chi connectivity index (χ3v) is 7.97. The molecule has 44 heavy (non-hydrogen) atoms. The maximum atomic E-state index is 15.1. The molecule has 0 saturated carbocycles. The summed E-state index contributed by atoms with van der Waals surface area (Å²) in [6, 6.07) is 19.8. The van der Waals surface area contributed by atoms with Gasteiger partial charge in [-0.05, 0) is 63.2 Å². The number of ether oxygens (including phenoxy) is 1. The lowest BCUT2D eigenvalue weighted by Crippen LogP contribution is -2.47. The van der Waals surface area contributed by atoms with Gasteiger partial charge in [-0.2, -0.15) is 19.1 Å². The van der Waals surface area contributed by atoms with E-state index in [9.17, 15) is 14.9 Å². The van der Waals surface area contributed by atoms with E-state index in [-0.39, 0.29) is 40.1 Å². The largest absolute Gasteiger partial charge is 0.489 e. The minimum atomic E-state index is -3.20. The first-order valence-corrected chi connectivity index (χ1v) is 14.4. The average Bonchev–Trinajstić information content (AvgIpc) is 3.47. The van der Waals surface area contributed by atoms with Crippen molar-refractivity contribution in [3.8, 4) is 11.8 Å². The summed E-state index contributed by atoms with van der Waals surface area (Å²) >= 11 is 0. The van der Waals surface area contributed by atoms with E-state index in [0.29, 0.717) is 23.7 Å². The molecular formula is C33H30F2N6O3. The van der Waals surface area contributed by atoms with Gasteiger partial charge in [-0.15, -0.1) is 0 Å². The number of hydrogen-bond donors (Lipinski definition) is 2. The molecule has 3 aromatic carbocycles. The number of alkyl halides is 2. The van der Waals surface area contributed by atoms with E-state index in [4.69, 9.17) is 4.74 Å². The van der Waals surface area contributed by atoms with Crippen molar-refractivity contribution in [2.24, 2.45) is 0 Å². The molecule has 1 fully saturated rings. The molecule has 0 radical (unpaired) electrons. The first-order valence-electron chi connectivity index (χ1n) is 14.4. The molecule has 1 atom stereocenters. The summed E-state index contributed by atoms with van der Waals surface area (Å²) in [7, 11) is 0. The van der Waals surface area contributed by atoms with Crippen LogP contribution in [0.4, 0.5) is 20.2 Å². The Hall–Kier alpha value is -5.08. The topological polar surface area (TPSA) is 112 Å². The molecular weight excluding hydrogens is 566 g/mol. The van der Waals surface area contributed by atoms with Crippen LogP contribution in [0.5, 0.6) is 5.75 Å². The van der Waals surface area contributed by atoms with Crippen molar-refractivity contribution in [3.63, 3.8) is 0 Å². The Labute approximate surface area is 253 Å². The molecule has 0 spiro atoms. The highest BCUT2D eigenvalue weighted by molar-refractivity contribution is 6.15. The summed E-state index contributed by atoms with van der Waals surface area (Å²) in [5, 5.41) is 20.0. The summed E-state index contributed by atoms with van der Waals surface area (Å²) in [5.41, 5.74) is 0.915. The van der Waals surface area contributed by atoms with Gasteiger partial charge < -0.3 is 20.3 Å². The van der Waals surface area contributed by atoms with Crippen molar-refractivity contribution in [3.05, 3.63) is 107 Å². The molecule has 224 valence electrons. The molecule has 2 aliphatic rings. The molecule has 2 N–H and O–H groups in total. The number of nitrogens with zero attached hydrogens (tertiary/aromatic N) is 4. The van der Waals surface area contributed by atoms with Crippen LogP contribution in [0.2, 0.25) is 0 Å². The highest BCUT2D eigenvalue weighted by atomic mass is 19.3. The summed E-state index contributed by atoms with van der Waals surface area (Å²) in [5.74, 6) is -3.79. The highest BCUT2D eigenvalue weighted by Crippen LogP contribution is 2.37. The Morgan fingerprint density at radius 3 is 2.48 bits per heavy atom. The highest BCUT2D eigenvalue weighted by Gasteiger charge is 2.37. The average molecular weight is 597 g/mol. The summed E-state index contributed by atoms with van der Waals surface area (Å²) < 4.78 is 37.7. The van der Waals surface area contributed by atoms with E-state index < -0.39 is 17.7 Å². The second-order valence-corrected chi connectivity index (χ2v) is 10.9. The number of carbonyl (C=O) groups excluding carboxylic acids is 2. The van der Waals surface area contributed by atoms with Gasteiger partial charge in [0.25, 0.3) is 17.7 Å². The summed E-state index contributed by atoms with van der Waals surface area (Å²) in [6.45, 7) is 3.82. The fraction of sp³-hybridized carbons (Fsp3) is 0.273. The smallest absolute Gasteiger partial charge is 0.298 e. The fourth-order valence-corrected chi connectivity index (χ4v) is 5.67. The van der Waals surface area contributed by atoms with Crippen molar-refractivity contribution in [2.75, 3.05) is 23.3 Å². The van der Waals surface area contributed by atoms with Crippen LogP contribution in [0.25, 0.3) is 0 Å². The maximum absolute atomic E-state index is 15.1. The lowest BCUT2D eigenvalue weighted by atomic mass is 9.99. The lowest BCUT2D eigenvalue weighted by Gasteiger charge is -2.34. The Bertz CT molecular complexity index is 1730. The third-order valence-electron chi connectivity index (χ3n) is 7.97. The van der Waals surface area contributed by atoms with Crippen molar-refractivity contribution in [2.45, 2.75) is 44.4 Å². The molecule has 0 aliphatic carbocycles. The Kier molecular flexibility index (Phi) is 7.84. The number of rotatable bonds is 7. The van der Waals surface area contributed by atoms with E-state index in [2.05, 4.69) is 21.8 Å². The van der Waals surface area contributed by atoms with Crippen molar-refractivity contribution >= 4 is 23.2 Å². The molecule has 1 saturated heterocycles. The van der Waals surface area contributed by atoms with Crippen LogP contribution in [0.3, 0.4) is 0 Å². The van der Waals surface area contributed by atoms with Crippen LogP contribution < -0.4 is 20.3 Å². The monoisotopic (exact) mass is 596 g/mol. The van der Waals surface area contributed by atoms with Gasteiger partial charge in [0.1, 0.15) is 23.6 Å². The zero-order valence-electron chi connectivity index (χ0n) is 24.0. The molecule has 1 unspecified atom stereocenters. The van der Waals surface area contributed by atoms with Gasteiger partial charge in [0.2, 0.25) is 0 Å². The Morgan fingerprint density at radius 1 is 1.07 bits per heavy atom. The summed E-state index contributed by atoms with van der Waals surface area (Å²) in [4.78, 5) is 28.6. The SMILES string of the molecule is CC1Cn2ncc(C(=O)Nc3ccc(OC4CCNCC4)c(C#N)c3)c2C(=O)N1c1ccc(C(F)(F)c2ccccc2)cc1. The van der Waals surface area contributed by atoms with E-state index in [1.54, 1.807) is 30.3 Å². The minimum Gasteiger partial charge on any atom is -0.489 e. The molecule has 1 aromatic heterocycles. The van der Waals surface area contributed by atoms with Crippen LogP contribution in [-0.4, -0.2) is 46.8 Å². The molecule has 9 nitrogen and oxygen atoms in total. The molecule has 6 rings (SSSR count). The van der Waals surface area contributed by atoms with Crippen molar-refractivity contribution < 1.29 is 23.1 Å². The number of hydrogen-bond acceptors (Lipinski definition) is 6. The zero-order valence-corrected chi connectivity index (χ0v) is 24.0. The second kappa shape index (κ2) is 11.9. The molecule has 3 heterocycles. The van der Waals surface area contributed by atoms with Crippen LogP contribution in [0.15, 0.2) is 79.0 Å². The Morgan fingerprint density at radius 2 is 1.77 bits per heavy atom. The number of anilines is 2. The standard InChI is InChI=1S/C33H30F2N6O3/c1-21-20-40-30(32(43)41(21)26-10-7-24(8-11-26)33(34,35)23-5-3-2-4-6-23)28(19-38-40)31(42)39-25-9-12-29(22(17-25)18-36)44-27-13-15-37-16-14-27/h2-12,17,19,21,27,37H,13-16,20H2,1H3,(H,39,42). The first-order chi connectivity index (χ1) is 21.3. The quantitative estimate of drug-likeness (QED) is 0.299. The van der Waals surface area contributed by atoms with Gasteiger partial charge in [0, 0.05) is 22.5 Å². The minimum absolute atomic E-state index is 0.00985. The van der Waals surface area contributed by atoms with Crippen LogP contribution in [0, 0.1) is 11.3 Å². The number of nitrogens with one attached hydrogen (secondary N) is 2. The molecule has 2 amide bonds. The summed E-state index contributed by atoms with van der Waals surface area (Å²) in [6.07, 6.45) is 3.02. The first kappa shape index (κ1) is 29.0. The zero-order chi connectivity index (χ0) is 30.8. The number of benzene rings is 3. The normalized spacial score (nSPS) is 17.1. The number of halogens is 2. The maximum Gasteiger partial charge on any atom is 0.298 e. The molecule has 11 heteroatoms. The lowest BCUT2D eigenvalue weighted by molar-refractivity contribution is 0.0428. The molecule has 4 aromatic rings.